The maximum atomic E-state index is 13.8. The monoisotopic (exact) mass is 458 g/mol. The van der Waals surface area contributed by atoms with E-state index in [1.54, 1.807) is 10.6 Å². The first kappa shape index (κ1) is 24.0. The molecule has 3 aromatic rings. The number of hydrogen-bond donors (Lipinski definition) is 1. The molecule has 0 saturated carbocycles. The molecular formula is C23H27FN4O5. The third-order valence-electron chi connectivity index (χ3n) is 5.08. The fraction of sp³-hybridized carbons (Fsp3) is 0.391. The minimum atomic E-state index is -0.654. The number of nitrogens with one attached hydrogen (secondary N) is 1. The SMILES string of the molecule is CCCCn1c(=O)[nH]c(=O)c2c1nc(COC(=O)/C=C/c1ccc(OC)c(F)c1)n2CCC. The van der Waals surface area contributed by atoms with E-state index in [0.717, 1.165) is 12.8 Å². The van der Waals surface area contributed by atoms with Crippen molar-refractivity contribution in [1.29, 1.82) is 0 Å². The molecule has 1 N–H and O–H groups in total. The van der Waals surface area contributed by atoms with Gasteiger partial charge in [0, 0.05) is 19.2 Å². The molecule has 3 rings (SSSR count). The number of halogens is 1. The van der Waals surface area contributed by atoms with Crippen LogP contribution in [0.2, 0.25) is 0 Å². The van der Waals surface area contributed by atoms with Crippen molar-refractivity contribution in [2.24, 2.45) is 0 Å². The molecule has 0 amide bonds. The van der Waals surface area contributed by atoms with Gasteiger partial charge in [-0.25, -0.2) is 19.0 Å². The Balaban J connectivity index is 1.84. The summed E-state index contributed by atoms with van der Waals surface area (Å²) < 4.78 is 27.1. The molecule has 2 aromatic heterocycles. The lowest BCUT2D eigenvalue weighted by atomic mass is 10.2. The van der Waals surface area contributed by atoms with Gasteiger partial charge in [-0.05, 0) is 36.6 Å². The highest BCUT2D eigenvalue weighted by molar-refractivity contribution is 5.87. The predicted molar refractivity (Wildman–Crippen MR) is 122 cm³/mol. The number of H-pyrrole nitrogens is 1. The number of carbonyl (C=O) groups excluding carboxylic acids is 1. The van der Waals surface area contributed by atoms with Crippen LogP contribution in [0.25, 0.3) is 17.2 Å². The molecule has 0 aliphatic heterocycles. The third-order valence-corrected chi connectivity index (χ3v) is 5.08. The number of hydrogen-bond acceptors (Lipinski definition) is 6. The second-order valence-electron chi connectivity index (χ2n) is 7.45. The number of unbranched alkanes of at least 4 members (excludes halogenated alkanes) is 1. The van der Waals surface area contributed by atoms with Crippen LogP contribution in [0.5, 0.6) is 5.75 Å². The van der Waals surface area contributed by atoms with Crippen molar-refractivity contribution >= 4 is 23.2 Å². The summed E-state index contributed by atoms with van der Waals surface area (Å²) in [5, 5.41) is 0. The van der Waals surface area contributed by atoms with Crippen molar-refractivity contribution in [3.63, 3.8) is 0 Å². The van der Waals surface area contributed by atoms with Crippen LogP contribution in [-0.4, -0.2) is 32.2 Å². The number of methoxy groups -OCH3 is 1. The maximum Gasteiger partial charge on any atom is 0.331 e. The molecule has 9 nitrogen and oxygen atoms in total. The number of nitrogens with zero attached hydrogens (tertiary/aromatic N) is 3. The molecule has 0 saturated heterocycles. The number of carbonyl (C=O) groups is 1. The Kier molecular flexibility index (Phi) is 7.81. The first-order valence-corrected chi connectivity index (χ1v) is 10.8. The van der Waals surface area contributed by atoms with Gasteiger partial charge >= 0.3 is 11.7 Å². The summed E-state index contributed by atoms with van der Waals surface area (Å²) in [6.45, 7) is 4.66. The van der Waals surface area contributed by atoms with Gasteiger partial charge in [0.2, 0.25) is 0 Å². The number of benzene rings is 1. The van der Waals surface area contributed by atoms with E-state index in [-0.39, 0.29) is 23.5 Å². The Bertz CT molecular complexity index is 1290. The Hall–Kier alpha value is -3.69. The van der Waals surface area contributed by atoms with Crippen LogP contribution < -0.4 is 16.0 Å². The van der Waals surface area contributed by atoms with Crippen molar-refractivity contribution in [3.05, 3.63) is 62.3 Å². The molecule has 0 spiro atoms. The molecule has 1 aromatic carbocycles. The Morgan fingerprint density at radius 2 is 1.97 bits per heavy atom. The first-order chi connectivity index (χ1) is 15.9. The smallest absolute Gasteiger partial charge is 0.331 e. The standard InChI is InChI=1S/C23H27FN4O5/c1-4-6-12-28-21-20(22(30)26-23(28)31)27(11-5-2)18(25-21)14-33-19(29)10-8-15-7-9-17(32-3)16(24)13-15/h7-10,13H,4-6,11-12,14H2,1-3H3,(H,26,30,31)/b10-8+. The fourth-order valence-electron chi connectivity index (χ4n) is 3.45. The van der Waals surface area contributed by atoms with Gasteiger partial charge < -0.3 is 14.0 Å². The number of aromatic amines is 1. The van der Waals surface area contributed by atoms with Gasteiger partial charge in [-0.15, -0.1) is 0 Å². The molecule has 0 atom stereocenters. The highest BCUT2D eigenvalue weighted by atomic mass is 19.1. The molecule has 10 heteroatoms. The van der Waals surface area contributed by atoms with Crippen LogP contribution >= 0.6 is 0 Å². The zero-order chi connectivity index (χ0) is 24.0. The molecule has 2 heterocycles. The number of ether oxygens (including phenoxy) is 2. The van der Waals surface area contributed by atoms with Crippen molar-refractivity contribution in [3.8, 4) is 5.75 Å². The van der Waals surface area contributed by atoms with Gasteiger partial charge in [-0.2, -0.15) is 0 Å². The number of fused-ring (bicyclic) bond motifs is 1. The highest BCUT2D eigenvalue weighted by Gasteiger charge is 2.19. The fourth-order valence-corrected chi connectivity index (χ4v) is 3.45. The lowest BCUT2D eigenvalue weighted by molar-refractivity contribution is -0.139. The summed E-state index contributed by atoms with van der Waals surface area (Å²) in [4.78, 5) is 43.9. The minimum Gasteiger partial charge on any atom is -0.494 e. The third kappa shape index (κ3) is 5.39. The average Bonchev–Trinajstić information content (AvgIpc) is 3.15. The number of imidazole rings is 1. The second kappa shape index (κ2) is 10.8. The van der Waals surface area contributed by atoms with E-state index in [1.807, 2.05) is 13.8 Å². The Morgan fingerprint density at radius 1 is 1.18 bits per heavy atom. The summed E-state index contributed by atoms with van der Waals surface area (Å²) in [5.41, 5.74) is -0.0123. The Morgan fingerprint density at radius 3 is 2.64 bits per heavy atom. The van der Waals surface area contributed by atoms with Gasteiger partial charge in [0.1, 0.15) is 12.4 Å². The largest absolute Gasteiger partial charge is 0.494 e. The topological polar surface area (TPSA) is 108 Å². The van der Waals surface area contributed by atoms with Crippen molar-refractivity contribution < 1.29 is 18.7 Å². The zero-order valence-electron chi connectivity index (χ0n) is 18.9. The van der Waals surface area contributed by atoms with Crippen molar-refractivity contribution in [2.75, 3.05) is 7.11 Å². The van der Waals surface area contributed by atoms with E-state index < -0.39 is 23.0 Å². The number of aromatic nitrogens is 4. The number of aryl methyl sites for hydroxylation is 2. The van der Waals surface area contributed by atoms with Crippen LogP contribution in [0.3, 0.4) is 0 Å². The van der Waals surface area contributed by atoms with Gasteiger partial charge in [-0.3, -0.25) is 14.3 Å². The first-order valence-electron chi connectivity index (χ1n) is 10.8. The molecule has 0 unspecified atom stereocenters. The quantitative estimate of drug-likeness (QED) is 0.370. The minimum absolute atomic E-state index is 0.108. The second-order valence-corrected chi connectivity index (χ2v) is 7.45. The van der Waals surface area contributed by atoms with E-state index in [2.05, 4.69) is 9.97 Å². The number of esters is 1. The molecule has 0 aliphatic carbocycles. The van der Waals surface area contributed by atoms with Crippen LogP contribution in [0.4, 0.5) is 4.39 Å². The van der Waals surface area contributed by atoms with Crippen LogP contribution in [-0.2, 0) is 29.2 Å². The van der Waals surface area contributed by atoms with Crippen molar-refractivity contribution in [2.45, 2.75) is 52.8 Å². The van der Waals surface area contributed by atoms with E-state index in [4.69, 9.17) is 9.47 Å². The van der Waals surface area contributed by atoms with E-state index in [0.29, 0.717) is 30.9 Å². The van der Waals surface area contributed by atoms with Gasteiger partial charge in [0.05, 0.1) is 7.11 Å². The molecule has 0 aliphatic rings. The van der Waals surface area contributed by atoms with Gasteiger partial charge in [-0.1, -0.05) is 26.3 Å². The summed E-state index contributed by atoms with van der Waals surface area (Å²) in [6, 6.07) is 4.31. The van der Waals surface area contributed by atoms with Crippen LogP contribution in [0, 0.1) is 5.82 Å². The van der Waals surface area contributed by atoms with Crippen LogP contribution in [0.15, 0.2) is 33.9 Å². The maximum absolute atomic E-state index is 13.8. The zero-order valence-corrected chi connectivity index (χ0v) is 18.9. The lowest BCUT2D eigenvalue weighted by Gasteiger charge is -2.08. The summed E-state index contributed by atoms with van der Waals surface area (Å²) in [6.07, 6.45) is 4.94. The van der Waals surface area contributed by atoms with Gasteiger partial charge in [0.15, 0.2) is 22.7 Å². The molecule has 0 radical (unpaired) electrons. The van der Waals surface area contributed by atoms with E-state index in [9.17, 15) is 18.8 Å². The molecule has 33 heavy (non-hydrogen) atoms. The summed E-state index contributed by atoms with van der Waals surface area (Å²) in [7, 11) is 1.37. The van der Waals surface area contributed by atoms with Gasteiger partial charge in [0.25, 0.3) is 5.56 Å². The normalized spacial score (nSPS) is 11.4. The molecule has 0 bridgehead atoms. The lowest BCUT2D eigenvalue weighted by Crippen LogP contribution is -2.31. The summed E-state index contributed by atoms with van der Waals surface area (Å²) >= 11 is 0. The summed E-state index contributed by atoms with van der Waals surface area (Å²) in [5.74, 6) is -0.721. The molecule has 176 valence electrons. The Labute approximate surface area is 189 Å². The van der Waals surface area contributed by atoms with E-state index >= 15 is 0 Å². The molecular weight excluding hydrogens is 431 g/mol. The van der Waals surface area contributed by atoms with Crippen LogP contribution in [0.1, 0.15) is 44.5 Å². The highest BCUT2D eigenvalue weighted by Crippen LogP contribution is 2.18. The predicted octanol–water partition coefficient (Wildman–Crippen LogP) is 3.00. The van der Waals surface area contributed by atoms with Crippen molar-refractivity contribution in [1.82, 2.24) is 19.1 Å². The number of rotatable bonds is 10. The molecule has 0 fully saturated rings. The average molecular weight is 458 g/mol. The van der Waals surface area contributed by atoms with E-state index in [1.165, 1.54) is 36.0 Å².